The van der Waals surface area contributed by atoms with Gasteiger partial charge in [-0.3, -0.25) is 10.0 Å². The van der Waals surface area contributed by atoms with Crippen LogP contribution in [0, 0.1) is 0 Å². The van der Waals surface area contributed by atoms with Crippen LogP contribution in [0.2, 0.25) is 0 Å². The number of ether oxygens (including phenoxy) is 2. The van der Waals surface area contributed by atoms with Crippen molar-refractivity contribution in [2.75, 3.05) is 6.61 Å². The van der Waals surface area contributed by atoms with E-state index in [0.29, 0.717) is 11.3 Å². The number of aliphatic hydroxyl groups is 4. The number of hydrogen-bond acceptors (Lipinski definition) is 8. The Morgan fingerprint density at radius 3 is 2.42 bits per heavy atom. The monoisotopic (exact) mass is 341 g/mol. The van der Waals surface area contributed by atoms with Gasteiger partial charge < -0.3 is 29.9 Å². The lowest BCUT2D eigenvalue weighted by Gasteiger charge is -2.39. The highest BCUT2D eigenvalue weighted by atomic mass is 16.7. The summed E-state index contributed by atoms with van der Waals surface area (Å²) in [5.41, 5.74) is 2.12. The second-order valence-corrected chi connectivity index (χ2v) is 5.19. The van der Waals surface area contributed by atoms with Gasteiger partial charge in [0.05, 0.1) is 6.61 Å². The standard InChI is InChI=1S/C15H19NO8/c17-7-10-12(19)13(20)14(21)15(24-10)23-9-4-1-8(2-5-9)3-6-11(18)16-22/h1-6,10,12-15,17,19-22H,7H2,(H,16,18)/b6-3+/t10?,12-,13?,14?,15+/m1/s1. The number of carbonyl (C=O) groups is 1. The summed E-state index contributed by atoms with van der Waals surface area (Å²) >= 11 is 0. The topological polar surface area (TPSA) is 149 Å². The summed E-state index contributed by atoms with van der Waals surface area (Å²) in [6.45, 7) is -0.540. The van der Waals surface area contributed by atoms with E-state index in [1.54, 1.807) is 12.1 Å². The fourth-order valence-corrected chi connectivity index (χ4v) is 2.17. The molecular formula is C15H19NO8. The van der Waals surface area contributed by atoms with Crippen LogP contribution < -0.4 is 10.2 Å². The van der Waals surface area contributed by atoms with Crippen LogP contribution in [0.1, 0.15) is 5.56 Å². The largest absolute Gasteiger partial charge is 0.462 e. The Bertz CT molecular complexity index is 573. The van der Waals surface area contributed by atoms with Crippen LogP contribution in [0.3, 0.4) is 0 Å². The molecule has 1 aliphatic heterocycles. The number of hydrogen-bond donors (Lipinski definition) is 6. The van der Waals surface area contributed by atoms with Crippen molar-refractivity contribution in [3.8, 4) is 5.75 Å². The number of hydroxylamine groups is 1. The summed E-state index contributed by atoms with van der Waals surface area (Å²) in [4.78, 5) is 10.9. The molecule has 1 heterocycles. The highest BCUT2D eigenvalue weighted by Gasteiger charge is 2.44. The van der Waals surface area contributed by atoms with E-state index in [2.05, 4.69) is 0 Å². The number of aliphatic hydroxyl groups excluding tert-OH is 4. The summed E-state index contributed by atoms with van der Waals surface area (Å²) in [6, 6.07) is 6.30. The molecule has 5 atom stereocenters. The first-order valence-corrected chi connectivity index (χ1v) is 7.15. The highest BCUT2D eigenvalue weighted by molar-refractivity contribution is 5.90. The van der Waals surface area contributed by atoms with E-state index in [-0.39, 0.29) is 0 Å². The van der Waals surface area contributed by atoms with Crippen LogP contribution in [0.15, 0.2) is 30.3 Å². The van der Waals surface area contributed by atoms with E-state index in [0.717, 1.165) is 6.08 Å². The third-order valence-electron chi connectivity index (χ3n) is 3.52. The van der Waals surface area contributed by atoms with Crippen LogP contribution in [-0.2, 0) is 9.53 Å². The Hall–Kier alpha value is -2.01. The third kappa shape index (κ3) is 4.29. The molecule has 1 amide bonds. The molecule has 2 rings (SSSR count). The van der Waals surface area contributed by atoms with Crippen LogP contribution in [-0.4, -0.2) is 68.9 Å². The summed E-state index contributed by atoms with van der Waals surface area (Å²) in [6.07, 6.45) is -4.17. The van der Waals surface area contributed by atoms with Gasteiger partial charge in [-0.15, -0.1) is 0 Å². The first-order chi connectivity index (χ1) is 11.5. The zero-order valence-corrected chi connectivity index (χ0v) is 12.5. The maximum absolute atomic E-state index is 10.9. The van der Waals surface area contributed by atoms with Gasteiger partial charge >= 0.3 is 0 Å². The van der Waals surface area contributed by atoms with Gasteiger partial charge in [0.25, 0.3) is 5.91 Å². The molecule has 1 aromatic rings. The smallest absolute Gasteiger partial charge is 0.267 e. The zero-order valence-electron chi connectivity index (χ0n) is 12.5. The minimum Gasteiger partial charge on any atom is -0.462 e. The van der Waals surface area contributed by atoms with Crippen molar-refractivity contribution < 1.29 is 39.9 Å². The third-order valence-corrected chi connectivity index (χ3v) is 3.52. The molecule has 9 heteroatoms. The normalized spacial score (nSPS) is 30.3. The van der Waals surface area contributed by atoms with E-state index in [1.807, 2.05) is 0 Å². The van der Waals surface area contributed by atoms with Gasteiger partial charge in [0.2, 0.25) is 6.29 Å². The molecule has 3 unspecified atom stereocenters. The summed E-state index contributed by atoms with van der Waals surface area (Å²) in [5, 5.41) is 46.8. The van der Waals surface area contributed by atoms with Crippen molar-refractivity contribution in [2.45, 2.75) is 30.7 Å². The van der Waals surface area contributed by atoms with Crippen LogP contribution in [0.25, 0.3) is 6.08 Å². The molecule has 1 saturated heterocycles. The van der Waals surface area contributed by atoms with Crippen molar-refractivity contribution in [1.82, 2.24) is 5.48 Å². The zero-order chi connectivity index (χ0) is 17.7. The van der Waals surface area contributed by atoms with Crippen molar-refractivity contribution >= 4 is 12.0 Å². The summed E-state index contributed by atoms with van der Waals surface area (Å²) in [5.74, 6) is -0.361. The fourth-order valence-electron chi connectivity index (χ4n) is 2.17. The quantitative estimate of drug-likeness (QED) is 0.213. The number of nitrogens with one attached hydrogen (secondary N) is 1. The predicted octanol–water partition coefficient (Wildman–Crippen LogP) is -1.62. The van der Waals surface area contributed by atoms with Gasteiger partial charge in [0.1, 0.15) is 30.2 Å². The van der Waals surface area contributed by atoms with Crippen molar-refractivity contribution in [1.29, 1.82) is 0 Å². The van der Waals surface area contributed by atoms with E-state index < -0.39 is 43.2 Å². The first kappa shape index (κ1) is 18.3. The second kappa shape index (κ2) is 8.20. The van der Waals surface area contributed by atoms with E-state index in [9.17, 15) is 20.1 Å². The number of carbonyl (C=O) groups excluding carboxylic acids is 1. The van der Waals surface area contributed by atoms with Gasteiger partial charge in [-0.2, -0.15) is 0 Å². The van der Waals surface area contributed by atoms with E-state index in [4.69, 9.17) is 19.8 Å². The summed E-state index contributed by atoms with van der Waals surface area (Å²) in [7, 11) is 0. The molecule has 24 heavy (non-hydrogen) atoms. The first-order valence-electron chi connectivity index (χ1n) is 7.15. The number of benzene rings is 1. The van der Waals surface area contributed by atoms with Crippen molar-refractivity contribution in [2.24, 2.45) is 0 Å². The molecule has 132 valence electrons. The van der Waals surface area contributed by atoms with Gasteiger partial charge in [-0.1, -0.05) is 12.1 Å². The molecule has 0 spiro atoms. The Balaban J connectivity index is 2.02. The highest BCUT2D eigenvalue weighted by Crippen LogP contribution is 2.24. The summed E-state index contributed by atoms with van der Waals surface area (Å²) < 4.78 is 10.7. The molecule has 0 radical (unpaired) electrons. The van der Waals surface area contributed by atoms with Gasteiger partial charge in [-0.05, 0) is 23.8 Å². The second-order valence-electron chi connectivity index (χ2n) is 5.19. The maximum atomic E-state index is 10.9. The Labute approximate surface area is 137 Å². The molecular weight excluding hydrogens is 322 g/mol. The molecule has 9 nitrogen and oxygen atoms in total. The Morgan fingerprint density at radius 1 is 1.17 bits per heavy atom. The molecule has 6 N–H and O–H groups in total. The van der Waals surface area contributed by atoms with Gasteiger partial charge in [-0.25, -0.2) is 5.48 Å². The van der Waals surface area contributed by atoms with Crippen molar-refractivity contribution in [3.05, 3.63) is 35.9 Å². The average Bonchev–Trinajstić information content (AvgIpc) is 2.61. The fraction of sp³-hybridized carbons (Fsp3) is 0.400. The number of amides is 1. The molecule has 1 aliphatic rings. The molecule has 0 aliphatic carbocycles. The minimum absolute atomic E-state index is 0.308. The van der Waals surface area contributed by atoms with Crippen molar-refractivity contribution in [3.63, 3.8) is 0 Å². The van der Waals surface area contributed by atoms with E-state index in [1.165, 1.54) is 23.7 Å². The lowest BCUT2D eigenvalue weighted by atomic mass is 9.99. The Morgan fingerprint density at radius 2 is 1.83 bits per heavy atom. The molecule has 0 saturated carbocycles. The van der Waals surface area contributed by atoms with Gasteiger partial charge in [0, 0.05) is 6.08 Å². The molecule has 1 aromatic carbocycles. The average molecular weight is 341 g/mol. The van der Waals surface area contributed by atoms with E-state index >= 15 is 0 Å². The predicted molar refractivity (Wildman–Crippen MR) is 79.8 cm³/mol. The van der Waals surface area contributed by atoms with Crippen LogP contribution >= 0.6 is 0 Å². The minimum atomic E-state index is -1.51. The van der Waals surface area contributed by atoms with Crippen LogP contribution in [0.4, 0.5) is 0 Å². The van der Waals surface area contributed by atoms with Gasteiger partial charge in [0.15, 0.2) is 0 Å². The SMILES string of the molecule is O=C(/C=C/c1ccc(O[C@H]2OC(CO)[C@@H](O)C(O)C2O)cc1)NO. The van der Waals surface area contributed by atoms with Crippen LogP contribution in [0.5, 0.6) is 5.75 Å². The molecule has 1 fully saturated rings. The lowest BCUT2D eigenvalue weighted by molar-refractivity contribution is -0.277. The lowest BCUT2D eigenvalue weighted by Crippen LogP contribution is -2.60. The Kier molecular flexibility index (Phi) is 6.26. The molecule has 0 aromatic heterocycles. The number of rotatable bonds is 5. The maximum Gasteiger partial charge on any atom is 0.267 e. The molecule has 0 bridgehead atoms.